The topological polar surface area (TPSA) is 76.7 Å². The van der Waals surface area contributed by atoms with E-state index in [9.17, 15) is 9.59 Å². The molecule has 1 heterocycles. The van der Waals surface area contributed by atoms with Gasteiger partial charge < -0.3 is 20.1 Å². The second kappa shape index (κ2) is 9.46. The number of rotatable bonds is 8. The molecule has 2 amide bonds. The Morgan fingerprint density at radius 1 is 1.32 bits per heavy atom. The molecule has 1 aromatic rings. The van der Waals surface area contributed by atoms with Crippen LogP contribution in [0, 0.1) is 5.92 Å². The van der Waals surface area contributed by atoms with E-state index in [1.807, 2.05) is 31.2 Å². The summed E-state index contributed by atoms with van der Waals surface area (Å²) < 4.78 is 11.1. The van der Waals surface area contributed by atoms with Gasteiger partial charge in [0.15, 0.2) is 0 Å². The highest BCUT2D eigenvalue weighted by atomic mass is 79.9. The molecule has 1 fully saturated rings. The molecule has 0 aliphatic carbocycles. The maximum Gasteiger partial charge on any atom is 0.319 e. The lowest BCUT2D eigenvalue weighted by Gasteiger charge is -2.34. The Labute approximate surface area is 156 Å². The van der Waals surface area contributed by atoms with Crippen molar-refractivity contribution in [1.29, 1.82) is 0 Å². The molecule has 1 saturated heterocycles. The highest BCUT2D eigenvalue weighted by molar-refractivity contribution is 9.09. The number of nitrogens with one attached hydrogen (secondary N) is 2. The van der Waals surface area contributed by atoms with Crippen molar-refractivity contribution in [2.24, 2.45) is 5.92 Å². The number of hydrogen-bond donors (Lipinski definition) is 2. The molecule has 25 heavy (non-hydrogen) atoms. The van der Waals surface area contributed by atoms with E-state index in [1.54, 1.807) is 0 Å². The van der Waals surface area contributed by atoms with E-state index in [0.717, 1.165) is 17.3 Å². The van der Waals surface area contributed by atoms with Gasteiger partial charge in [0.25, 0.3) is 0 Å². The monoisotopic (exact) mass is 410 g/mol. The van der Waals surface area contributed by atoms with Crippen LogP contribution in [0.1, 0.15) is 31.4 Å². The number of halogens is 1. The Kier molecular flexibility index (Phi) is 7.31. The number of esters is 1. The third-order valence-electron chi connectivity index (χ3n) is 3.76. The van der Waals surface area contributed by atoms with Crippen LogP contribution < -0.4 is 15.4 Å². The number of ether oxygens (including phenoxy) is 2. The van der Waals surface area contributed by atoms with E-state index in [2.05, 4.69) is 33.1 Å². The van der Waals surface area contributed by atoms with Crippen molar-refractivity contribution < 1.29 is 19.1 Å². The fourth-order valence-corrected chi connectivity index (χ4v) is 2.85. The predicted molar refractivity (Wildman–Crippen MR) is 98.6 cm³/mol. The molecular formula is C18H23BrN2O4. The number of benzene rings is 1. The van der Waals surface area contributed by atoms with Crippen LogP contribution in [0.15, 0.2) is 36.5 Å². The van der Waals surface area contributed by atoms with Crippen molar-refractivity contribution >= 4 is 27.9 Å². The molecule has 2 rings (SSSR count). The molecule has 0 aromatic heterocycles. The SMILES string of the molecule is C=C1NC(=O)N[C@H](c2ccccc2OCCC)[C@@H]1C(=O)OCCCBr. The lowest BCUT2D eigenvalue weighted by Crippen LogP contribution is -2.51. The third-order valence-corrected chi connectivity index (χ3v) is 4.32. The standard InChI is InChI=1S/C18H23BrN2O4/c1-3-10-24-14-8-5-4-7-13(14)16-15(12(2)20-18(23)21-16)17(22)25-11-6-9-19/h4-5,7-8,15-16H,2-3,6,9-11H2,1H3,(H2,20,21,23)/t15-,16-/m1/s1. The lowest BCUT2D eigenvalue weighted by molar-refractivity contribution is -0.148. The summed E-state index contributed by atoms with van der Waals surface area (Å²) in [5, 5.41) is 6.12. The summed E-state index contributed by atoms with van der Waals surface area (Å²) in [6.45, 7) is 6.72. The number of carbonyl (C=O) groups is 2. The van der Waals surface area contributed by atoms with Crippen molar-refractivity contribution in [3.63, 3.8) is 0 Å². The van der Waals surface area contributed by atoms with E-state index in [0.29, 0.717) is 31.1 Å². The van der Waals surface area contributed by atoms with Gasteiger partial charge in [-0.05, 0) is 18.9 Å². The van der Waals surface area contributed by atoms with Gasteiger partial charge in [-0.1, -0.05) is 47.6 Å². The molecule has 2 atom stereocenters. The Bertz CT molecular complexity index is 635. The summed E-state index contributed by atoms with van der Waals surface area (Å²) in [5.41, 5.74) is 1.05. The molecule has 7 heteroatoms. The van der Waals surface area contributed by atoms with Gasteiger partial charge in [-0.2, -0.15) is 0 Å². The van der Waals surface area contributed by atoms with Gasteiger partial charge in [0.2, 0.25) is 0 Å². The minimum Gasteiger partial charge on any atom is -0.493 e. The van der Waals surface area contributed by atoms with Crippen LogP contribution in [0.5, 0.6) is 5.75 Å². The summed E-state index contributed by atoms with van der Waals surface area (Å²) in [4.78, 5) is 24.5. The summed E-state index contributed by atoms with van der Waals surface area (Å²) in [6.07, 6.45) is 1.57. The minimum absolute atomic E-state index is 0.308. The van der Waals surface area contributed by atoms with E-state index < -0.39 is 24.0 Å². The second-order valence-corrected chi connectivity index (χ2v) is 6.47. The summed E-state index contributed by atoms with van der Waals surface area (Å²) in [7, 11) is 0. The molecule has 0 saturated carbocycles. The van der Waals surface area contributed by atoms with Crippen LogP contribution in [0.2, 0.25) is 0 Å². The summed E-state index contributed by atoms with van der Waals surface area (Å²) >= 11 is 3.30. The molecule has 1 aliphatic rings. The average Bonchev–Trinajstić information content (AvgIpc) is 2.59. The molecule has 1 aromatic carbocycles. The molecule has 0 bridgehead atoms. The zero-order chi connectivity index (χ0) is 18.2. The quantitative estimate of drug-likeness (QED) is 0.391. The van der Waals surface area contributed by atoms with Crippen LogP contribution in [0.25, 0.3) is 0 Å². The Morgan fingerprint density at radius 2 is 2.08 bits per heavy atom. The van der Waals surface area contributed by atoms with Crippen molar-refractivity contribution in [1.82, 2.24) is 10.6 Å². The van der Waals surface area contributed by atoms with E-state index in [4.69, 9.17) is 9.47 Å². The van der Waals surface area contributed by atoms with Crippen molar-refractivity contribution in [3.05, 3.63) is 42.1 Å². The first kappa shape index (κ1) is 19.3. The second-order valence-electron chi connectivity index (χ2n) is 5.68. The van der Waals surface area contributed by atoms with Gasteiger partial charge in [0, 0.05) is 16.6 Å². The fourth-order valence-electron chi connectivity index (χ4n) is 2.62. The molecule has 1 aliphatic heterocycles. The number of para-hydroxylation sites is 1. The van der Waals surface area contributed by atoms with Crippen LogP contribution in [-0.4, -0.2) is 30.5 Å². The van der Waals surface area contributed by atoms with Crippen molar-refractivity contribution in [2.45, 2.75) is 25.8 Å². The van der Waals surface area contributed by atoms with Crippen molar-refractivity contribution in [2.75, 3.05) is 18.5 Å². The van der Waals surface area contributed by atoms with Gasteiger partial charge in [0.05, 0.1) is 19.3 Å². The molecular weight excluding hydrogens is 388 g/mol. The number of hydrogen-bond acceptors (Lipinski definition) is 4. The maximum atomic E-state index is 12.6. The largest absolute Gasteiger partial charge is 0.493 e. The van der Waals surface area contributed by atoms with Crippen LogP contribution in [-0.2, 0) is 9.53 Å². The first-order valence-corrected chi connectivity index (χ1v) is 9.41. The normalized spacial score (nSPS) is 19.8. The van der Waals surface area contributed by atoms with Crippen molar-refractivity contribution in [3.8, 4) is 5.75 Å². The third kappa shape index (κ3) is 4.98. The van der Waals surface area contributed by atoms with Gasteiger partial charge >= 0.3 is 12.0 Å². The molecule has 0 radical (unpaired) electrons. The zero-order valence-corrected chi connectivity index (χ0v) is 15.8. The zero-order valence-electron chi connectivity index (χ0n) is 14.2. The molecule has 0 spiro atoms. The average molecular weight is 411 g/mol. The first-order chi connectivity index (χ1) is 12.1. The smallest absolute Gasteiger partial charge is 0.319 e. The van der Waals surface area contributed by atoms with Gasteiger partial charge in [-0.3, -0.25) is 4.79 Å². The number of alkyl halides is 1. The molecule has 0 unspecified atom stereocenters. The molecule has 6 nitrogen and oxygen atoms in total. The number of amides is 2. The highest BCUT2D eigenvalue weighted by Gasteiger charge is 2.40. The van der Waals surface area contributed by atoms with Gasteiger partial charge in [-0.25, -0.2) is 4.79 Å². The van der Waals surface area contributed by atoms with E-state index in [-0.39, 0.29) is 0 Å². The summed E-state index contributed by atoms with van der Waals surface area (Å²) in [5.74, 6) is -0.504. The van der Waals surface area contributed by atoms with Gasteiger partial charge in [0.1, 0.15) is 11.7 Å². The Balaban J connectivity index is 2.29. The van der Waals surface area contributed by atoms with Crippen LogP contribution in [0.4, 0.5) is 4.79 Å². The molecule has 136 valence electrons. The lowest BCUT2D eigenvalue weighted by atomic mass is 9.88. The van der Waals surface area contributed by atoms with Gasteiger partial charge in [-0.15, -0.1) is 0 Å². The Morgan fingerprint density at radius 3 is 2.80 bits per heavy atom. The Hall–Kier alpha value is -2.02. The minimum atomic E-state index is -0.723. The highest BCUT2D eigenvalue weighted by Crippen LogP contribution is 2.35. The van der Waals surface area contributed by atoms with E-state index >= 15 is 0 Å². The first-order valence-electron chi connectivity index (χ1n) is 8.29. The molecule has 2 N–H and O–H groups in total. The number of carbonyl (C=O) groups excluding carboxylic acids is 2. The van der Waals surface area contributed by atoms with Crippen LogP contribution >= 0.6 is 15.9 Å². The fraction of sp³-hybridized carbons (Fsp3) is 0.444. The number of urea groups is 1. The van der Waals surface area contributed by atoms with E-state index in [1.165, 1.54) is 0 Å². The maximum absolute atomic E-state index is 12.6. The van der Waals surface area contributed by atoms with Crippen LogP contribution in [0.3, 0.4) is 0 Å². The predicted octanol–water partition coefficient (Wildman–Crippen LogP) is 3.29. The summed E-state index contributed by atoms with van der Waals surface area (Å²) in [6, 6.07) is 6.38.